The number of imidazole rings is 1. The van der Waals surface area contributed by atoms with Crippen LogP contribution in [0.15, 0.2) is 48.5 Å². The summed E-state index contributed by atoms with van der Waals surface area (Å²) >= 11 is 0. The van der Waals surface area contributed by atoms with E-state index in [1.165, 1.54) is 37.9 Å². The lowest BCUT2D eigenvalue weighted by Crippen LogP contribution is -2.32. The number of carbonyl (C=O) groups excluding carboxylic acids is 1. The van der Waals surface area contributed by atoms with Crippen LogP contribution in [-0.4, -0.2) is 44.9 Å². The van der Waals surface area contributed by atoms with Crippen LogP contribution in [-0.2, 0) is 19.6 Å². The fraction of sp³-hybridized carbons (Fsp3) is 0.481. The first-order chi connectivity index (χ1) is 15.7. The highest BCUT2D eigenvalue weighted by Crippen LogP contribution is 2.19. The molecule has 2 aromatic carbocycles. The average molecular weight is 433 g/mol. The van der Waals surface area contributed by atoms with Gasteiger partial charge in [-0.05, 0) is 69.1 Å². The molecule has 0 atom stereocenters. The van der Waals surface area contributed by atoms with Gasteiger partial charge in [0.2, 0.25) is 0 Å². The highest BCUT2D eigenvalue weighted by molar-refractivity contribution is 5.94. The number of fused-ring (bicyclic) bond motifs is 1. The van der Waals surface area contributed by atoms with Crippen LogP contribution in [0.4, 0.5) is 0 Å². The number of benzene rings is 2. The van der Waals surface area contributed by atoms with Gasteiger partial charge in [0.1, 0.15) is 5.82 Å². The molecule has 2 heterocycles. The zero-order valence-corrected chi connectivity index (χ0v) is 19.6. The molecule has 0 spiro atoms. The molecule has 1 fully saturated rings. The van der Waals surface area contributed by atoms with E-state index in [4.69, 9.17) is 4.98 Å². The fourth-order valence-corrected chi connectivity index (χ4v) is 4.68. The first kappa shape index (κ1) is 22.5. The highest BCUT2D eigenvalue weighted by atomic mass is 16.2. The minimum absolute atomic E-state index is 0.0951. The summed E-state index contributed by atoms with van der Waals surface area (Å²) in [4.78, 5) is 22.8. The van der Waals surface area contributed by atoms with Crippen molar-refractivity contribution in [3.63, 3.8) is 0 Å². The average Bonchev–Trinajstić information content (AvgIpc) is 3.19. The van der Waals surface area contributed by atoms with Crippen molar-refractivity contribution in [1.29, 1.82) is 0 Å². The van der Waals surface area contributed by atoms with E-state index in [1.54, 1.807) is 0 Å². The maximum atomic E-state index is 13.4. The summed E-state index contributed by atoms with van der Waals surface area (Å²) in [6.45, 7) is 9.78. The second-order valence-corrected chi connectivity index (χ2v) is 8.87. The maximum absolute atomic E-state index is 13.4. The fourth-order valence-electron chi connectivity index (χ4n) is 4.68. The van der Waals surface area contributed by atoms with Gasteiger partial charge in [0.15, 0.2) is 0 Å². The first-order valence-electron chi connectivity index (χ1n) is 12.2. The lowest BCUT2D eigenvalue weighted by atomic mass is 10.1. The van der Waals surface area contributed by atoms with E-state index in [-0.39, 0.29) is 5.91 Å². The molecule has 0 bridgehead atoms. The Hall–Kier alpha value is -2.66. The normalized spacial score (nSPS) is 14.7. The predicted octanol–water partition coefficient (Wildman–Crippen LogP) is 5.48. The second kappa shape index (κ2) is 10.8. The lowest BCUT2D eigenvalue weighted by Gasteiger charge is -2.26. The van der Waals surface area contributed by atoms with Gasteiger partial charge in [0, 0.05) is 25.2 Å². The number of amides is 1. The molecule has 1 aromatic heterocycles. The van der Waals surface area contributed by atoms with Crippen molar-refractivity contribution in [2.24, 2.45) is 0 Å². The van der Waals surface area contributed by atoms with Crippen LogP contribution in [0, 0.1) is 0 Å². The zero-order chi connectivity index (χ0) is 22.3. The number of para-hydroxylation sites is 2. The summed E-state index contributed by atoms with van der Waals surface area (Å²) in [5.41, 5.74) is 4.18. The van der Waals surface area contributed by atoms with Gasteiger partial charge in [-0.15, -0.1) is 0 Å². The Kier molecular flexibility index (Phi) is 7.59. The minimum atomic E-state index is 0.0951. The Morgan fingerprint density at radius 1 is 1.00 bits per heavy atom. The van der Waals surface area contributed by atoms with Gasteiger partial charge in [-0.1, -0.05) is 44.0 Å². The second-order valence-electron chi connectivity index (χ2n) is 8.87. The van der Waals surface area contributed by atoms with Crippen LogP contribution in [0.25, 0.3) is 11.0 Å². The highest BCUT2D eigenvalue weighted by Gasteiger charge is 2.20. The van der Waals surface area contributed by atoms with Crippen LogP contribution in [0.2, 0.25) is 0 Å². The van der Waals surface area contributed by atoms with Gasteiger partial charge >= 0.3 is 0 Å². The van der Waals surface area contributed by atoms with Gasteiger partial charge < -0.3 is 9.47 Å². The van der Waals surface area contributed by atoms with Gasteiger partial charge in [0.25, 0.3) is 5.91 Å². The Morgan fingerprint density at radius 3 is 2.47 bits per heavy atom. The molecule has 1 aliphatic rings. The summed E-state index contributed by atoms with van der Waals surface area (Å²) in [6.07, 6.45) is 5.99. The molecule has 0 radical (unpaired) electrons. The van der Waals surface area contributed by atoms with Gasteiger partial charge in [0.05, 0.1) is 17.6 Å². The molecular formula is C27H36N4O. The minimum Gasteiger partial charge on any atom is -0.331 e. The van der Waals surface area contributed by atoms with Crippen LogP contribution in [0.5, 0.6) is 0 Å². The number of likely N-dealkylation sites (tertiary alicyclic amines) is 1. The van der Waals surface area contributed by atoms with Crippen molar-refractivity contribution >= 4 is 16.9 Å². The van der Waals surface area contributed by atoms with Crippen LogP contribution in [0.1, 0.15) is 67.7 Å². The predicted molar refractivity (Wildman–Crippen MR) is 131 cm³/mol. The largest absolute Gasteiger partial charge is 0.331 e. The standard InChI is InChI=1S/C27H36N4O/c1-3-5-19-30(21-26-28-24-11-7-8-12-25(24)31(26)4-2)27(32)23-15-13-22(14-16-23)20-29-17-9-6-10-18-29/h7-8,11-16H,3-6,9-10,17-21H2,1-2H3. The Labute approximate surface area is 192 Å². The first-order valence-corrected chi connectivity index (χ1v) is 12.2. The maximum Gasteiger partial charge on any atom is 0.254 e. The van der Waals surface area contributed by atoms with Crippen molar-refractivity contribution in [3.05, 3.63) is 65.5 Å². The third-order valence-electron chi connectivity index (χ3n) is 6.51. The molecule has 0 aliphatic carbocycles. The molecule has 5 nitrogen and oxygen atoms in total. The summed E-state index contributed by atoms with van der Waals surface area (Å²) in [7, 11) is 0. The zero-order valence-electron chi connectivity index (χ0n) is 19.6. The van der Waals surface area contributed by atoms with Crippen molar-refractivity contribution in [2.45, 2.75) is 65.6 Å². The number of hydrogen-bond acceptors (Lipinski definition) is 3. The van der Waals surface area contributed by atoms with E-state index in [9.17, 15) is 4.79 Å². The SMILES string of the molecule is CCCCN(Cc1nc2ccccc2n1CC)C(=O)c1ccc(CN2CCCCC2)cc1. The number of aromatic nitrogens is 2. The molecule has 1 saturated heterocycles. The molecule has 0 saturated carbocycles. The Morgan fingerprint density at radius 2 is 1.75 bits per heavy atom. The molecule has 4 rings (SSSR count). The number of hydrogen-bond donors (Lipinski definition) is 0. The molecule has 3 aromatic rings. The number of piperidine rings is 1. The molecule has 32 heavy (non-hydrogen) atoms. The van der Waals surface area contributed by atoms with Gasteiger partial charge in [-0.3, -0.25) is 9.69 Å². The number of carbonyl (C=O) groups is 1. The van der Waals surface area contributed by atoms with Gasteiger partial charge in [-0.2, -0.15) is 0 Å². The van der Waals surface area contributed by atoms with Gasteiger partial charge in [-0.25, -0.2) is 4.98 Å². The molecule has 5 heteroatoms. The van der Waals surface area contributed by atoms with Crippen molar-refractivity contribution in [2.75, 3.05) is 19.6 Å². The van der Waals surface area contributed by atoms with E-state index >= 15 is 0 Å². The molecular weight excluding hydrogens is 396 g/mol. The quantitative estimate of drug-likeness (QED) is 0.449. The smallest absolute Gasteiger partial charge is 0.254 e. The molecule has 0 unspecified atom stereocenters. The van der Waals surface area contributed by atoms with Crippen molar-refractivity contribution in [3.8, 4) is 0 Å². The molecule has 170 valence electrons. The topological polar surface area (TPSA) is 41.4 Å². The van der Waals surface area contributed by atoms with E-state index < -0.39 is 0 Å². The number of aryl methyl sites for hydroxylation is 1. The summed E-state index contributed by atoms with van der Waals surface area (Å²) in [5, 5.41) is 0. The third-order valence-corrected chi connectivity index (χ3v) is 6.51. The Balaban J connectivity index is 1.50. The summed E-state index contributed by atoms with van der Waals surface area (Å²) in [5.74, 6) is 1.05. The van der Waals surface area contributed by atoms with Crippen LogP contribution >= 0.6 is 0 Å². The summed E-state index contributed by atoms with van der Waals surface area (Å²) in [6, 6.07) is 16.5. The number of unbranched alkanes of at least 4 members (excludes halogenated alkanes) is 1. The third kappa shape index (κ3) is 5.21. The molecule has 1 aliphatic heterocycles. The number of rotatable bonds is 9. The summed E-state index contributed by atoms with van der Waals surface area (Å²) < 4.78 is 2.23. The lowest BCUT2D eigenvalue weighted by molar-refractivity contribution is 0.0735. The van der Waals surface area contributed by atoms with E-state index in [1.807, 2.05) is 35.2 Å². The van der Waals surface area contributed by atoms with E-state index in [2.05, 4.69) is 41.5 Å². The van der Waals surface area contributed by atoms with Crippen LogP contribution in [0.3, 0.4) is 0 Å². The monoisotopic (exact) mass is 432 g/mol. The molecule has 1 amide bonds. The van der Waals surface area contributed by atoms with E-state index in [0.29, 0.717) is 6.54 Å². The molecule has 0 N–H and O–H groups in total. The van der Waals surface area contributed by atoms with Crippen LogP contribution < -0.4 is 0 Å². The van der Waals surface area contributed by atoms with Crippen molar-refractivity contribution < 1.29 is 4.79 Å². The number of nitrogens with zero attached hydrogens (tertiary/aromatic N) is 4. The Bertz CT molecular complexity index is 1020. The van der Waals surface area contributed by atoms with Crippen molar-refractivity contribution in [1.82, 2.24) is 19.4 Å². The van der Waals surface area contributed by atoms with E-state index in [0.717, 1.165) is 54.9 Å².